The van der Waals surface area contributed by atoms with Gasteiger partial charge in [0.2, 0.25) is 5.91 Å². The maximum Gasteiger partial charge on any atom is 0.330 e. The average Bonchev–Trinajstić information content (AvgIpc) is 2.10. The highest BCUT2D eigenvalue weighted by Crippen LogP contribution is 1.86. The van der Waals surface area contributed by atoms with Crippen LogP contribution in [0.4, 0.5) is 0 Å². The Hall–Kier alpha value is -2.11. The van der Waals surface area contributed by atoms with Crippen LogP contribution in [0.25, 0.3) is 0 Å². The number of carboxylic acids is 2. The molecular formula is C8H9NO5. The van der Waals surface area contributed by atoms with Crippen molar-refractivity contribution < 1.29 is 24.6 Å². The fourth-order valence-electron chi connectivity index (χ4n) is 0.570. The summed E-state index contributed by atoms with van der Waals surface area (Å²) in [5.74, 6) is -3.36. The van der Waals surface area contributed by atoms with E-state index in [9.17, 15) is 14.4 Å². The normalized spacial score (nSPS) is 12.0. The smallest absolute Gasteiger partial charge is 0.330 e. The molecule has 0 aliphatic rings. The third-order valence-corrected chi connectivity index (χ3v) is 1.18. The SMILES string of the molecule is C=CC(NC(=O)/C=C\C(=O)O)C(=O)O. The number of rotatable bonds is 5. The zero-order valence-corrected chi connectivity index (χ0v) is 7.14. The molecule has 1 unspecified atom stereocenters. The van der Waals surface area contributed by atoms with E-state index < -0.39 is 23.9 Å². The van der Waals surface area contributed by atoms with Gasteiger partial charge in [0.15, 0.2) is 0 Å². The van der Waals surface area contributed by atoms with Crippen LogP contribution in [-0.4, -0.2) is 34.1 Å². The molecule has 1 atom stereocenters. The summed E-state index contributed by atoms with van der Waals surface area (Å²) in [7, 11) is 0. The van der Waals surface area contributed by atoms with Crippen molar-refractivity contribution >= 4 is 17.8 Å². The van der Waals surface area contributed by atoms with Gasteiger partial charge in [-0.2, -0.15) is 0 Å². The molecule has 0 radical (unpaired) electrons. The molecule has 0 aromatic rings. The zero-order chi connectivity index (χ0) is 11.1. The van der Waals surface area contributed by atoms with Crippen LogP contribution in [0.1, 0.15) is 0 Å². The number of aliphatic carboxylic acids is 2. The third kappa shape index (κ3) is 4.70. The van der Waals surface area contributed by atoms with Gasteiger partial charge in [-0.05, 0) is 0 Å². The van der Waals surface area contributed by atoms with Crippen molar-refractivity contribution in [2.24, 2.45) is 0 Å². The second kappa shape index (κ2) is 5.52. The molecule has 0 aromatic carbocycles. The lowest BCUT2D eigenvalue weighted by atomic mass is 10.3. The minimum atomic E-state index is -1.29. The lowest BCUT2D eigenvalue weighted by Crippen LogP contribution is -2.38. The van der Waals surface area contributed by atoms with Gasteiger partial charge in [-0.25, -0.2) is 9.59 Å². The molecule has 0 spiro atoms. The number of amides is 1. The summed E-state index contributed by atoms with van der Waals surface area (Å²) in [5, 5.41) is 18.6. The van der Waals surface area contributed by atoms with E-state index in [2.05, 4.69) is 6.58 Å². The van der Waals surface area contributed by atoms with Crippen LogP contribution in [0.3, 0.4) is 0 Å². The van der Waals surface area contributed by atoms with Gasteiger partial charge in [0.25, 0.3) is 0 Å². The second-order valence-electron chi connectivity index (χ2n) is 2.23. The minimum Gasteiger partial charge on any atom is -0.479 e. The highest BCUT2D eigenvalue weighted by molar-refractivity contribution is 5.96. The Kier molecular flexibility index (Phi) is 4.69. The molecular weight excluding hydrogens is 190 g/mol. The Morgan fingerprint density at radius 2 is 1.79 bits per heavy atom. The van der Waals surface area contributed by atoms with Crippen molar-refractivity contribution in [2.75, 3.05) is 0 Å². The lowest BCUT2D eigenvalue weighted by Gasteiger charge is -2.06. The first kappa shape index (κ1) is 11.9. The summed E-state index contributed by atoms with van der Waals surface area (Å²) in [6.45, 7) is 3.19. The van der Waals surface area contributed by atoms with E-state index >= 15 is 0 Å². The second-order valence-corrected chi connectivity index (χ2v) is 2.23. The molecule has 0 aliphatic heterocycles. The molecule has 6 heteroatoms. The highest BCUT2D eigenvalue weighted by atomic mass is 16.4. The molecule has 0 saturated heterocycles. The predicted octanol–water partition coefficient (Wildman–Crippen LogP) is -0.617. The fraction of sp³-hybridized carbons (Fsp3) is 0.125. The van der Waals surface area contributed by atoms with Gasteiger partial charge in [-0.1, -0.05) is 6.08 Å². The van der Waals surface area contributed by atoms with Crippen LogP contribution in [0.5, 0.6) is 0 Å². The molecule has 0 fully saturated rings. The summed E-state index contributed by atoms with van der Waals surface area (Å²) in [4.78, 5) is 31.2. The van der Waals surface area contributed by atoms with Crippen LogP contribution >= 0.6 is 0 Å². The number of carboxylic acid groups (broad SMARTS) is 2. The molecule has 0 heterocycles. The predicted molar refractivity (Wildman–Crippen MR) is 46.5 cm³/mol. The van der Waals surface area contributed by atoms with Crippen LogP contribution in [0.15, 0.2) is 24.8 Å². The summed E-state index contributed by atoms with van der Waals surface area (Å²) in [6.07, 6.45) is 2.36. The van der Waals surface area contributed by atoms with Gasteiger partial charge >= 0.3 is 11.9 Å². The number of carbonyl (C=O) groups is 3. The van der Waals surface area contributed by atoms with E-state index in [1.54, 1.807) is 0 Å². The zero-order valence-electron chi connectivity index (χ0n) is 7.14. The van der Waals surface area contributed by atoms with E-state index in [4.69, 9.17) is 10.2 Å². The van der Waals surface area contributed by atoms with E-state index in [1.165, 1.54) is 0 Å². The van der Waals surface area contributed by atoms with Crippen molar-refractivity contribution in [3.05, 3.63) is 24.8 Å². The summed E-state index contributed by atoms with van der Waals surface area (Å²) in [6, 6.07) is -1.22. The first-order chi connectivity index (χ1) is 6.47. The van der Waals surface area contributed by atoms with E-state index in [0.29, 0.717) is 6.08 Å². The fourth-order valence-corrected chi connectivity index (χ4v) is 0.570. The summed E-state index contributed by atoms with van der Waals surface area (Å²) >= 11 is 0. The molecule has 14 heavy (non-hydrogen) atoms. The summed E-state index contributed by atoms with van der Waals surface area (Å²) < 4.78 is 0. The molecule has 3 N–H and O–H groups in total. The Bertz CT molecular complexity index is 294. The number of hydrogen-bond acceptors (Lipinski definition) is 3. The van der Waals surface area contributed by atoms with Crippen molar-refractivity contribution in [1.82, 2.24) is 5.32 Å². The first-order valence-electron chi connectivity index (χ1n) is 3.54. The summed E-state index contributed by atoms with van der Waals surface area (Å²) in [5.41, 5.74) is 0. The van der Waals surface area contributed by atoms with Crippen LogP contribution < -0.4 is 5.32 Å². The molecule has 0 aliphatic carbocycles. The highest BCUT2D eigenvalue weighted by Gasteiger charge is 2.13. The Balaban J connectivity index is 4.23. The molecule has 1 amide bonds. The van der Waals surface area contributed by atoms with E-state index in [-0.39, 0.29) is 0 Å². The van der Waals surface area contributed by atoms with Crippen LogP contribution in [0.2, 0.25) is 0 Å². The topological polar surface area (TPSA) is 104 Å². The Morgan fingerprint density at radius 1 is 1.21 bits per heavy atom. The molecule has 0 aromatic heterocycles. The van der Waals surface area contributed by atoms with Gasteiger partial charge in [0, 0.05) is 12.2 Å². The van der Waals surface area contributed by atoms with Gasteiger partial charge in [-0.3, -0.25) is 4.79 Å². The van der Waals surface area contributed by atoms with Gasteiger partial charge in [-0.15, -0.1) is 6.58 Å². The maximum absolute atomic E-state index is 10.8. The van der Waals surface area contributed by atoms with E-state index in [0.717, 1.165) is 12.2 Å². The molecule has 76 valence electrons. The molecule has 6 nitrogen and oxygen atoms in total. The average molecular weight is 199 g/mol. The standard InChI is InChI=1S/C8H9NO5/c1-2-5(8(13)14)9-6(10)3-4-7(11)12/h2-5H,1H2,(H,9,10)(H,11,12)(H,13,14)/b4-3-. The molecule has 0 rings (SSSR count). The van der Waals surface area contributed by atoms with Gasteiger partial charge < -0.3 is 15.5 Å². The van der Waals surface area contributed by atoms with Gasteiger partial charge in [0.05, 0.1) is 0 Å². The lowest BCUT2D eigenvalue weighted by molar-refractivity contribution is -0.139. The molecule has 0 bridgehead atoms. The number of hydrogen-bond donors (Lipinski definition) is 3. The Labute approximate surface area is 79.5 Å². The first-order valence-corrected chi connectivity index (χ1v) is 3.54. The van der Waals surface area contributed by atoms with Gasteiger partial charge in [0.1, 0.15) is 6.04 Å². The quantitative estimate of drug-likeness (QED) is 0.404. The maximum atomic E-state index is 10.8. The monoisotopic (exact) mass is 199 g/mol. The van der Waals surface area contributed by atoms with Crippen molar-refractivity contribution in [1.29, 1.82) is 0 Å². The number of nitrogens with one attached hydrogen (secondary N) is 1. The van der Waals surface area contributed by atoms with E-state index in [1.807, 2.05) is 5.32 Å². The van der Waals surface area contributed by atoms with Crippen molar-refractivity contribution in [3.8, 4) is 0 Å². The minimum absolute atomic E-state index is 0.608. The largest absolute Gasteiger partial charge is 0.479 e. The molecule has 0 saturated carbocycles. The number of carbonyl (C=O) groups excluding carboxylic acids is 1. The van der Waals surface area contributed by atoms with Crippen LogP contribution in [-0.2, 0) is 14.4 Å². The Morgan fingerprint density at radius 3 is 2.14 bits per heavy atom. The van der Waals surface area contributed by atoms with Crippen molar-refractivity contribution in [3.63, 3.8) is 0 Å². The third-order valence-electron chi connectivity index (χ3n) is 1.18. The van der Waals surface area contributed by atoms with Crippen LogP contribution in [0, 0.1) is 0 Å². The van der Waals surface area contributed by atoms with Crippen molar-refractivity contribution in [2.45, 2.75) is 6.04 Å².